The number of piperazine rings is 1. The molecule has 2 saturated heterocycles. The van der Waals surface area contributed by atoms with Crippen LogP contribution in [0.15, 0.2) is 29.3 Å². The second-order valence-corrected chi connectivity index (χ2v) is 7.98. The minimum absolute atomic E-state index is 0.0531. The fourth-order valence-electron chi connectivity index (χ4n) is 4.00. The van der Waals surface area contributed by atoms with Crippen LogP contribution in [-0.2, 0) is 9.53 Å². The largest absolute Gasteiger partial charge is 0.367 e. The van der Waals surface area contributed by atoms with E-state index in [1.165, 1.54) is 12.1 Å². The quantitative estimate of drug-likeness (QED) is 0.582. The summed E-state index contributed by atoms with van der Waals surface area (Å²) in [6, 6.07) is 6.54. The molecule has 2 aliphatic heterocycles. The van der Waals surface area contributed by atoms with E-state index in [1.807, 2.05) is 4.90 Å². The molecule has 1 aromatic rings. The number of hydrogen-bond donors (Lipinski definition) is 1. The molecule has 166 valence electrons. The molecule has 0 radical (unpaired) electrons. The van der Waals surface area contributed by atoms with Crippen molar-refractivity contribution in [1.82, 2.24) is 20.0 Å². The highest BCUT2D eigenvalue weighted by atomic mass is 19.1. The second kappa shape index (κ2) is 10.7. The van der Waals surface area contributed by atoms with Gasteiger partial charge < -0.3 is 19.9 Å². The van der Waals surface area contributed by atoms with Gasteiger partial charge in [0, 0.05) is 52.7 Å². The van der Waals surface area contributed by atoms with E-state index in [0.29, 0.717) is 13.1 Å². The summed E-state index contributed by atoms with van der Waals surface area (Å²) >= 11 is 0. The Morgan fingerprint density at radius 2 is 1.87 bits per heavy atom. The number of hydrogen-bond acceptors (Lipinski definition) is 4. The average Bonchev–Trinajstić information content (AvgIpc) is 2.73. The van der Waals surface area contributed by atoms with Crippen molar-refractivity contribution in [2.45, 2.75) is 33.0 Å². The van der Waals surface area contributed by atoms with E-state index < -0.39 is 0 Å². The van der Waals surface area contributed by atoms with Crippen LogP contribution in [0.5, 0.6) is 0 Å². The number of ether oxygens (including phenoxy) is 1. The zero-order valence-electron chi connectivity index (χ0n) is 18.3. The molecule has 2 aliphatic rings. The highest BCUT2D eigenvalue weighted by Gasteiger charge is 2.28. The molecule has 0 aromatic heterocycles. The molecule has 0 spiro atoms. The van der Waals surface area contributed by atoms with Crippen molar-refractivity contribution in [3.05, 3.63) is 35.6 Å². The number of morpholine rings is 1. The molecular formula is C22H34FN5O2. The van der Waals surface area contributed by atoms with E-state index >= 15 is 0 Å². The second-order valence-electron chi connectivity index (χ2n) is 7.98. The average molecular weight is 420 g/mol. The summed E-state index contributed by atoms with van der Waals surface area (Å²) in [5.41, 5.74) is 0.979. The number of carbonyl (C=O) groups is 1. The lowest BCUT2D eigenvalue weighted by Gasteiger charge is -2.39. The van der Waals surface area contributed by atoms with E-state index in [9.17, 15) is 9.18 Å². The predicted molar refractivity (Wildman–Crippen MR) is 116 cm³/mol. The fourth-order valence-corrected chi connectivity index (χ4v) is 4.00. The van der Waals surface area contributed by atoms with Crippen LogP contribution in [0.4, 0.5) is 4.39 Å². The number of guanidine groups is 1. The molecule has 7 nitrogen and oxygen atoms in total. The van der Waals surface area contributed by atoms with Crippen LogP contribution in [0.25, 0.3) is 0 Å². The van der Waals surface area contributed by atoms with Crippen LogP contribution in [-0.4, -0.2) is 91.6 Å². The topological polar surface area (TPSA) is 60.4 Å². The summed E-state index contributed by atoms with van der Waals surface area (Å²) in [5.74, 6) is 0.805. The van der Waals surface area contributed by atoms with E-state index in [0.717, 1.165) is 57.3 Å². The van der Waals surface area contributed by atoms with Gasteiger partial charge in [0.2, 0.25) is 5.91 Å². The van der Waals surface area contributed by atoms with Gasteiger partial charge in [0.05, 0.1) is 19.2 Å². The number of halogens is 1. The van der Waals surface area contributed by atoms with E-state index in [4.69, 9.17) is 9.73 Å². The monoisotopic (exact) mass is 419 g/mol. The molecule has 1 aromatic carbocycles. The number of nitrogens with zero attached hydrogens (tertiary/aromatic N) is 4. The Bertz CT molecular complexity index is 719. The van der Waals surface area contributed by atoms with Crippen molar-refractivity contribution < 1.29 is 13.9 Å². The normalized spacial score (nSPS) is 23.5. The number of aliphatic imine (C=N–C) groups is 1. The number of nitrogens with one attached hydrogen (secondary N) is 1. The summed E-state index contributed by atoms with van der Waals surface area (Å²) in [6.07, 6.45) is -0.0600. The number of carbonyl (C=O) groups excluding carboxylic acids is 1. The zero-order valence-corrected chi connectivity index (χ0v) is 18.3. The van der Waals surface area contributed by atoms with Crippen molar-refractivity contribution in [1.29, 1.82) is 0 Å². The molecule has 0 bridgehead atoms. The molecular weight excluding hydrogens is 385 g/mol. The first-order valence-electron chi connectivity index (χ1n) is 10.9. The van der Waals surface area contributed by atoms with E-state index in [-0.39, 0.29) is 23.9 Å². The van der Waals surface area contributed by atoms with Gasteiger partial charge >= 0.3 is 0 Å². The molecule has 3 rings (SSSR count). The lowest BCUT2D eigenvalue weighted by Crippen LogP contribution is -2.51. The number of benzene rings is 1. The van der Waals surface area contributed by atoms with Gasteiger partial charge in [-0.1, -0.05) is 12.1 Å². The van der Waals surface area contributed by atoms with Gasteiger partial charge in [-0.25, -0.2) is 4.39 Å². The first-order chi connectivity index (χ1) is 14.5. The van der Waals surface area contributed by atoms with Gasteiger partial charge in [0.25, 0.3) is 0 Å². The standard InChI is InChI=1S/C22H34FN5O2/c1-4-24-22(25-9-10-26-11-13-27(14-12-26)18(3)29)28-15-17(2)30-21(16-28)19-5-7-20(23)8-6-19/h5-8,17,21H,4,9-16H2,1-3H3,(H,24,25). The Hall–Kier alpha value is -2.19. The third-order valence-corrected chi connectivity index (χ3v) is 5.63. The Balaban J connectivity index is 1.58. The highest BCUT2D eigenvalue weighted by molar-refractivity contribution is 5.80. The molecule has 0 saturated carbocycles. The van der Waals surface area contributed by atoms with Crippen molar-refractivity contribution in [3.63, 3.8) is 0 Å². The third kappa shape index (κ3) is 6.15. The van der Waals surface area contributed by atoms with Gasteiger partial charge in [0.1, 0.15) is 11.9 Å². The van der Waals surface area contributed by atoms with Crippen molar-refractivity contribution in [2.24, 2.45) is 4.99 Å². The highest BCUT2D eigenvalue weighted by Crippen LogP contribution is 2.25. The molecule has 2 unspecified atom stereocenters. The maximum atomic E-state index is 13.3. The first-order valence-corrected chi connectivity index (χ1v) is 10.9. The Kier molecular flexibility index (Phi) is 8.04. The summed E-state index contributed by atoms with van der Waals surface area (Å²) in [6.45, 7) is 12.9. The lowest BCUT2D eigenvalue weighted by atomic mass is 10.1. The Labute approximate surface area is 178 Å². The van der Waals surface area contributed by atoms with E-state index in [1.54, 1.807) is 19.1 Å². The smallest absolute Gasteiger partial charge is 0.219 e. The van der Waals surface area contributed by atoms with Crippen molar-refractivity contribution in [3.8, 4) is 0 Å². The zero-order chi connectivity index (χ0) is 21.5. The predicted octanol–water partition coefficient (Wildman–Crippen LogP) is 1.72. The van der Waals surface area contributed by atoms with Gasteiger partial charge in [0.15, 0.2) is 5.96 Å². The minimum atomic E-state index is -0.237. The number of amides is 1. The molecule has 1 amide bonds. The van der Waals surface area contributed by atoms with Crippen molar-refractivity contribution >= 4 is 11.9 Å². The van der Waals surface area contributed by atoms with Crippen LogP contribution in [0.1, 0.15) is 32.4 Å². The van der Waals surface area contributed by atoms with Gasteiger partial charge in [-0.05, 0) is 31.5 Å². The van der Waals surface area contributed by atoms with Crippen molar-refractivity contribution in [2.75, 3.05) is 58.9 Å². The SMILES string of the molecule is CCNC(=NCCN1CCN(C(C)=O)CC1)N1CC(C)OC(c2ccc(F)cc2)C1. The molecule has 8 heteroatoms. The maximum absolute atomic E-state index is 13.3. The van der Waals surface area contributed by atoms with Crippen LogP contribution in [0, 0.1) is 5.82 Å². The number of rotatable bonds is 5. The maximum Gasteiger partial charge on any atom is 0.219 e. The first kappa shape index (κ1) is 22.5. The third-order valence-electron chi connectivity index (χ3n) is 5.63. The summed E-state index contributed by atoms with van der Waals surface area (Å²) in [5, 5.41) is 3.40. The van der Waals surface area contributed by atoms with E-state index in [2.05, 4.69) is 29.0 Å². The Morgan fingerprint density at radius 3 is 2.50 bits per heavy atom. The molecule has 30 heavy (non-hydrogen) atoms. The molecule has 2 fully saturated rings. The Morgan fingerprint density at radius 1 is 1.17 bits per heavy atom. The van der Waals surface area contributed by atoms with Crippen LogP contribution in [0.2, 0.25) is 0 Å². The minimum Gasteiger partial charge on any atom is -0.367 e. The van der Waals surface area contributed by atoms with Gasteiger partial charge in [-0.2, -0.15) is 0 Å². The molecule has 2 heterocycles. The van der Waals surface area contributed by atoms with Crippen LogP contribution >= 0.6 is 0 Å². The van der Waals surface area contributed by atoms with Crippen LogP contribution < -0.4 is 5.32 Å². The van der Waals surface area contributed by atoms with Gasteiger partial charge in [-0.15, -0.1) is 0 Å². The lowest BCUT2D eigenvalue weighted by molar-refractivity contribution is -0.130. The fraction of sp³-hybridized carbons (Fsp3) is 0.636. The molecule has 1 N–H and O–H groups in total. The summed E-state index contributed by atoms with van der Waals surface area (Å²) in [4.78, 5) is 22.8. The summed E-state index contributed by atoms with van der Waals surface area (Å²) < 4.78 is 19.4. The van der Waals surface area contributed by atoms with Crippen LogP contribution in [0.3, 0.4) is 0 Å². The molecule has 0 aliphatic carbocycles. The van der Waals surface area contributed by atoms with Gasteiger partial charge in [-0.3, -0.25) is 14.7 Å². The molecule has 2 atom stereocenters. The summed E-state index contributed by atoms with van der Waals surface area (Å²) in [7, 11) is 0.